The minimum Gasteiger partial charge on any atom is -0.396 e. The van der Waals surface area contributed by atoms with Crippen LogP contribution in [0.2, 0.25) is 0 Å². The van der Waals surface area contributed by atoms with Crippen LogP contribution in [0.25, 0.3) is 0 Å². The van der Waals surface area contributed by atoms with Gasteiger partial charge in [0.25, 0.3) is 0 Å². The van der Waals surface area contributed by atoms with Crippen LogP contribution in [0.15, 0.2) is 35.5 Å². The predicted molar refractivity (Wildman–Crippen MR) is 93.4 cm³/mol. The minimum atomic E-state index is 0.110. The van der Waals surface area contributed by atoms with Gasteiger partial charge in [0.2, 0.25) is 5.91 Å². The summed E-state index contributed by atoms with van der Waals surface area (Å²) in [7, 11) is 0. The van der Waals surface area contributed by atoms with Crippen molar-refractivity contribution in [2.24, 2.45) is 17.8 Å². The Labute approximate surface area is 141 Å². The molecule has 0 spiro atoms. The van der Waals surface area contributed by atoms with Crippen LogP contribution in [-0.2, 0) is 4.79 Å². The normalized spacial score (nSPS) is 26.0. The Bertz CT molecular complexity index is 576. The first-order chi connectivity index (χ1) is 11.3. The summed E-state index contributed by atoms with van der Waals surface area (Å²) in [6, 6.07) is 1.93. The van der Waals surface area contributed by atoms with Crippen LogP contribution >= 0.6 is 11.8 Å². The van der Waals surface area contributed by atoms with Crippen LogP contribution in [-0.4, -0.2) is 28.4 Å². The van der Waals surface area contributed by atoms with Crippen LogP contribution in [0.1, 0.15) is 32.1 Å². The molecule has 0 aliphatic heterocycles. The highest BCUT2D eigenvalue weighted by Crippen LogP contribution is 2.40. The van der Waals surface area contributed by atoms with Crippen molar-refractivity contribution in [2.45, 2.75) is 37.0 Å². The number of aliphatic hydroxyl groups is 1. The number of carbonyl (C=O) groups is 1. The lowest BCUT2D eigenvalue weighted by molar-refractivity contribution is -0.121. The van der Waals surface area contributed by atoms with Crippen molar-refractivity contribution in [1.82, 2.24) is 4.98 Å². The van der Waals surface area contributed by atoms with E-state index in [1.807, 2.05) is 6.07 Å². The lowest BCUT2D eigenvalue weighted by Gasteiger charge is -2.35. The lowest BCUT2D eigenvalue weighted by atomic mass is 9.71. The van der Waals surface area contributed by atoms with Crippen molar-refractivity contribution in [3.8, 4) is 0 Å². The number of nitrogens with zero attached hydrogens (tertiary/aromatic N) is 1. The monoisotopic (exact) mass is 332 g/mol. The fourth-order valence-corrected chi connectivity index (χ4v) is 4.50. The second-order valence-corrected chi connectivity index (χ2v) is 7.62. The average molecular weight is 332 g/mol. The van der Waals surface area contributed by atoms with E-state index < -0.39 is 0 Å². The van der Waals surface area contributed by atoms with E-state index in [1.165, 1.54) is 6.42 Å². The maximum atomic E-state index is 12.7. The minimum absolute atomic E-state index is 0.110. The molecule has 2 N–H and O–H groups in total. The fraction of sp³-hybridized carbons (Fsp3) is 0.556. The van der Waals surface area contributed by atoms with Crippen molar-refractivity contribution in [3.05, 3.63) is 30.6 Å². The van der Waals surface area contributed by atoms with E-state index in [9.17, 15) is 4.79 Å². The molecule has 3 atom stereocenters. The number of nitrogens with one attached hydrogen (secondary N) is 1. The number of pyridine rings is 1. The maximum Gasteiger partial charge on any atom is 0.227 e. The van der Waals surface area contributed by atoms with Gasteiger partial charge < -0.3 is 10.4 Å². The third-order valence-electron chi connectivity index (χ3n) is 4.69. The van der Waals surface area contributed by atoms with Gasteiger partial charge in [0.05, 0.1) is 11.9 Å². The molecule has 1 fully saturated rings. The molecular weight excluding hydrogens is 308 g/mol. The lowest BCUT2D eigenvalue weighted by Crippen LogP contribution is -2.32. The first kappa shape index (κ1) is 16.5. The molecule has 1 aromatic heterocycles. The number of carbonyl (C=O) groups excluding carboxylic acids is 1. The molecule has 2 bridgehead atoms. The Hall–Kier alpha value is -1.33. The van der Waals surface area contributed by atoms with E-state index in [1.54, 1.807) is 24.2 Å². The van der Waals surface area contributed by atoms with Gasteiger partial charge >= 0.3 is 0 Å². The van der Waals surface area contributed by atoms with E-state index in [0.29, 0.717) is 11.8 Å². The summed E-state index contributed by atoms with van der Waals surface area (Å²) in [5, 5.41) is 12.0. The SMILES string of the molecule is O=C(Nc1cnccc1SCCCO)[C@H]1C[C@H]2C=CC[C@H](C2)C1. The van der Waals surface area contributed by atoms with Crippen LogP contribution in [0.4, 0.5) is 5.69 Å². The number of hydrogen-bond donors (Lipinski definition) is 2. The molecule has 23 heavy (non-hydrogen) atoms. The molecule has 0 unspecified atom stereocenters. The molecule has 3 rings (SSSR count). The Morgan fingerprint density at radius 2 is 2.30 bits per heavy atom. The van der Waals surface area contributed by atoms with Gasteiger partial charge in [-0.2, -0.15) is 0 Å². The molecule has 0 radical (unpaired) electrons. The molecule has 1 aromatic rings. The van der Waals surface area contributed by atoms with Crippen molar-refractivity contribution in [2.75, 3.05) is 17.7 Å². The molecule has 2 aliphatic rings. The summed E-state index contributed by atoms with van der Waals surface area (Å²) in [4.78, 5) is 17.8. The number of anilines is 1. The summed E-state index contributed by atoms with van der Waals surface area (Å²) >= 11 is 1.65. The number of aliphatic hydroxyl groups excluding tert-OH is 1. The van der Waals surface area contributed by atoms with Crippen molar-refractivity contribution < 1.29 is 9.90 Å². The maximum absolute atomic E-state index is 12.7. The molecule has 2 aliphatic carbocycles. The van der Waals surface area contributed by atoms with Gasteiger partial charge in [0, 0.05) is 29.4 Å². The second kappa shape index (κ2) is 7.97. The number of amides is 1. The Morgan fingerprint density at radius 3 is 3.13 bits per heavy atom. The highest BCUT2D eigenvalue weighted by Gasteiger charge is 2.33. The van der Waals surface area contributed by atoms with Crippen LogP contribution in [0, 0.1) is 17.8 Å². The van der Waals surface area contributed by atoms with E-state index in [0.717, 1.165) is 42.0 Å². The molecule has 1 saturated carbocycles. The molecule has 0 aromatic carbocycles. The summed E-state index contributed by atoms with van der Waals surface area (Å²) in [6.07, 6.45) is 13.1. The Kier molecular flexibility index (Phi) is 5.73. The largest absolute Gasteiger partial charge is 0.396 e. The zero-order valence-corrected chi connectivity index (χ0v) is 14.1. The number of fused-ring (bicyclic) bond motifs is 2. The van der Waals surface area contributed by atoms with Gasteiger partial charge in [-0.25, -0.2) is 0 Å². The van der Waals surface area contributed by atoms with Crippen molar-refractivity contribution in [3.63, 3.8) is 0 Å². The van der Waals surface area contributed by atoms with Crippen molar-refractivity contribution >= 4 is 23.4 Å². The summed E-state index contributed by atoms with van der Waals surface area (Å²) in [5.74, 6) is 2.32. The third-order valence-corrected chi connectivity index (χ3v) is 5.85. The van der Waals surface area contributed by atoms with Crippen LogP contribution in [0.3, 0.4) is 0 Å². The number of hydrogen-bond acceptors (Lipinski definition) is 4. The van der Waals surface area contributed by atoms with Crippen molar-refractivity contribution in [1.29, 1.82) is 0 Å². The van der Waals surface area contributed by atoms with Crippen LogP contribution < -0.4 is 5.32 Å². The topological polar surface area (TPSA) is 62.2 Å². The number of aromatic nitrogens is 1. The Balaban J connectivity index is 1.62. The second-order valence-electron chi connectivity index (χ2n) is 6.48. The molecule has 5 heteroatoms. The molecule has 4 nitrogen and oxygen atoms in total. The molecule has 1 heterocycles. The predicted octanol–water partition coefficient (Wildman–Crippen LogP) is 3.49. The highest BCUT2D eigenvalue weighted by atomic mass is 32.2. The molecular formula is C18H24N2O2S. The van der Waals surface area contributed by atoms with Gasteiger partial charge in [0.15, 0.2) is 0 Å². The summed E-state index contributed by atoms with van der Waals surface area (Å²) in [5.41, 5.74) is 0.798. The van der Waals surface area contributed by atoms with E-state index >= 15 is 0 Å². The first-order valence-corrected chi connectivity index (χ1v) is 9.40. The van der Waals surface area contributed by atoms with E-state index in [2.05, 4.69) is 22.5 Å². The van der Waals surface area contributed by atoms with Gasteiger partial charge in [-0.1, -0.05) is 12.2 Å². The zero-order chi connectivity index (χ0) is 16.1. The summed E-state index contributed by atoms with van der Waals surface area (Å²) < 4.78 is 0. The molecule has 0 saturated heterocycles. The summed E-state index contributed by atoms with van der Waals surface area (Å²) in [6.45, 7) is 0.193. The average Bonchev–Trinajstić information content (AvgIpc) is 2.56. The Morgan fingerprint density at radius 1 is 1.39 bits per heavy atom. The number of allylic oxidation sites excluding steroid dienone is 2. The zero-order valence-electron chi connectivity index (χ0n) is 13.3. The standard InChI is InChI=1S/C18H24N2O2S/c21-7-2-8-23-17-5-6-19-12-16(17)20-18(22)15-10-13-3-1-4-14(9-13)11-15/h1,3,5-6,12-15,21H,2,4,7-11H2,(H,20,22)/t13-,14+,15-/m0/s1. The molecule has 124 valence electrons. The van der Waals surface area contributed by atoms with Gasteiger partial charge in [-0.3, -0.25) is 9.78 Å². The van der Waals surface area contributed by atoms with Gasteiger partial charge in [-0.15, -0.1) is 11.8 Å². The third kappa shape index (κ3) is 4.36. The first-order valence-electron chi connectivity index (χ1n) is 8.41. The van der Waals surface area contributed by atoms with Gasteiger partial charge in [-0.05, 0) is 50.0 Å². The highest BCUT2D eigenvalue weighted by molar-refractivity contribution is 7.99. The van der Waals surface area contributed by atoms with E-state index in [-0.39, 0.29) is 18.4 Å². The number of rotatable bonds is 6. The smallest absolute Gasteiger partial charge is 0.227 e. The van der Waals surface area contributed by atoms with Gasteiger partial charge in [0.1, 0.15) is 0 Å². The molecule has 1 amide bonds. The van der Waals surface area contributed by atoms with Crippen LogP contribution in [0.5, 0.6) is 0 Å². The fourth-order valence-electron chi connectivity index (χ4n) is 3.59. The van der Waals surface area contributed by atoms with E-state index in [4.69, 9.17) is 5.11 Å². The quantitative estimate of drug-likeness (QED) is 0.475. The number of thioether (sulfide) groups is 1.